The van der Waals surface area contributed by atoms with Gasteiger partial charge in [-0.25, -0.2) is 0 Å². The highest BCUT2D eigenvalue weighted by atomic mass is 16.5. The van der Waals surface area contributed by atoms with Crippen molar-refractivity contribution >= 4 is 0 Å². The SMILES string of the molecule is COc1ccc(CN(C)C(C)CC#N)cc1C#CCN. The highest BCUT2D eigenvalue weighted by molar-refractivity contribution is 5.48. The van der Waals surface area contributed by atoms with Crippen molar-refractivity contribution in [1.82, 2.24) is 4.90 Å². The smallest absolute Gasteiger partial charge is 0.134 e. The molecule has 0 aliphatic carbocycles. The van der Waals surface area contributed by atoms with Gasteiger partial charge >= 0.3 is 0 Å². The quantitative estimate of drug-likeness (QED) is 0.829. The first-order chi connectivity index (χ1) is 9.62. The zero-order valence-electron chi connectivity index (χ0n) is 12.3. The highest BCUT2D eigenvalue weighted by Gasteiger charge is 2.10. The zero-order valence-corrected chi connectivity index (χ0v) is 12.3. The summed E-state index contributed by atoms with van der Waals surface area (Å²) in [6.07, 6.45) is 0.520. The Bertz CT molecular complexity index is 537. The van der Waals surface area contributed by atoms with Gasteiger partial charge in [-0.15, -0.1) is 0 Å². The average molecular weight is 271 g/mol. The molecule has 106 valence electrons. The molecule has 0 amide bonds. The van der Waals surface area contributed by atoms with E-state index in [0.717, 1.165) is 23.4 Å². The van der Waals surface area contributed by atoms with Gasteiger partial charge in [0.2, 0.25) is 0 Å². The molecule has 1 aromatic rings. The summed E-state index contributed by atoms with van der Waals surface area (Å²) in [5, 5.41) is 8.74. The summed E-state index contributed by atoms with van der Waals surface area (Å²) in [5.41, 5.74) is 7.39. The van der Waals surface area contributed by atoms with Crippen LogP contribution < -0.4 is 10.5 Å². The Morgan fingerprint density at radius 2 is 2.20 bits per heavy atom. The van der Waals surface area contributed by atoms with E-state index in [1.807, 2.05) is 32.2 Å². The largest absolute Gasteiger partial charge is 0.495 e. The minimum atomic E-state index is 0.223. The van der Waals surface area contributed by atoms with Crippen molar-refractivity contribution in [2.75, 3.05) is 20.7 Å². The van der Waals surface area contributed by atoms with Gasteiger partial charge in [-0.3, -0.25) is 4.90 Å². The summed E-state index contributed by atoms with van der Waals surface area (Å²) in [7, 11) is 3.64. The summed E-state index contributed by atoms with van der Waals surface area (Å²) in [4.78, 5) is 2.14. The van der Waals surface area contributed by atoms with Crippen LogP contribution in [0.25, 0.3) is 0 Å². The Hall–Kier alpha value is -2.01. The molecule has 20 heavy (non-hydrogen) atoms. The fraction of sp³-hybridized carbons (Fsp3) is 0.438. The topological polar surface area (TPSA) is 62.3 Å². The van der Waals surface area contributed by atoms with Gasteiger partial charge in [0.15, 0.2) is 0 Å². The van der Waals surface area contributed by atoms with E-state index in [4.69, 9.17) is 15.7 Å². The molecule has 0 saturated carbocycles. The summed E-state index contributed by atoms with van der Waals surface area (Å²) in [6, 6.07) is 8.36. The van der Waals surface area contributed by atoms with E-state index < -0.39 is 0 Å². The minimum absolute atomic E-state index is 0.223. The van der Waals surface area contributed by atoms with E-state index in [0.29, 0.717) is 13.0 Å². The van der Waals surface area contributed by atoms with Gasteiger partial charge in [-0.1, -0.05) is 17.9 Å². The maximum Gasteiger partial charge on any atom is 0.134 e. The number of ether oxygens (including phenoxy) is 1. The number of rotatable bonds is 5. The number of methoxy groups -OCH3 is 1. The van der Waals surface area contributed by atoms with Gasteiger partial charge in [0, 0.05) is 12.6 Å². The molecule has 2 N–H and O–H groups in total. The molecule has 1 atom stereocenters. The van der Waals surface area contributed by atoms with Crippen LogP contribution in [0.2, 0.25) is 0 Å². The normalized spacial score (nSPS) is 11.4. The molecule has 0 bridgehead atoms. The summed E-state index contributed by atoms with van der Waals surface area (Å²) < 4.78 is 5.29. The molecule has 0 aromatic heterocycles. The van der Waals surface area contributed by atoms with Crippen LogP contribution in [0.15, 0.2) is 18.2 Å². The molecule has 0 fully saturated rings. The van der Waals surface area contributed by atoms with Gasteiger partial charge in [0.1, 0.15) is 5.75 Å². The van der Waals surface area contributed by atoms with Crippen molar-refractivity contribution in [1.29, 1.82) is 5.26 Å². The maximum absolute atomic E-state index is 8.74. The van der Waals surface area contributed by atoms with Gasteiger partial charge in [-0.05, 0) is 31.7 Å². The van der Waals surface area contributed by atoms with E-state index in [1.165, 1.54) is 0 Å². The Kier molecular flexibility index (Phi) is 6.59. The first kappa shape index (κ1) is 16.0. The van der Waals surface area contributed by atoms with E-state index in [-0.39, 0.29) is 6.04 Å². The summed E-state index contributed by atoms with van der Waals surface area (Å²) in [5.74, 6) is 6.62. The summed E-state index contributed by atoms with van der Waals surface area (Å²) >= 11 is 0. The Morgan fingerprint density at radius 3 is 2.80 bits per heavy atom. The predicted molar refractivity (Wildman–Crippen MR) is 80.1 cm³/mol. The Balaban J connectivity index is 2.89. The molecule has 0 spiro atoms. The lowest BCUT2D eigenvalue weighted by Gasteiger charge is -2.22. The molecule has 4 heteroatoms. The lowest BCUT2D eigenvalue weighted by Crippen LogP contribution is -2.28. The van der Waals surface area contributed by atoms with Gasteiger partial charge < -0.3 is 10.5 Å². The lowest BCUT2D eigenvalue weighted by atomic mass is 10.1. The monoisotopic (exact) mass is 271 g/mol. The standard InChI is InChI=1S/C16H21N3O/c1-13(8-10-18)19(2)12-14-6-7-16(20-3)15(11-14)5-4-9-17/h6-7,11,13H,8-9,12,17H2,1-3H3. The fourth-order valence-electron chi connectivity index (χ4n) is 1.83. The third-order valence-electron chi connectivity index (χ3n) is 3.16. The van der Waals surface area contributed by atoms with Gasteiger partial charge in [0.25, 0.3) is 0 Å². The van der Waals surface area contributed by atoms with E-state index in [1.54, 1.807) is 7.11 Å². The van der Waals surface area contributed by atoms with Crippen LogP contribution in [-0.4, -0.2) is 31.6 Å². The molecule has 0 radical (unpaired) electrons. The Labute approximate surface area is 121 Å². The van der Waals surface area contributed by atoms with Crippen LogP contribution in [-0.2, 0) is 6.54 Å². The van der Waals surface area contributed by atoms with Gasteiger partial charge in [0.05, 0.1) is 31.7 Å². The fourth-order valence-corrected chi connectivity index (χ4v) is 1.83. The lowest BCUT2D eigenvalue weighted by molar-refractivity contribution is 0.252. The van der Waals surface area contributed by atoms with Crippen LogP contribution in [0.1, 0.15) is 24.5 Å². The van der Waals surface area contributed by atoms with Crippen molar-refractivity contribution in [2.45, 2.75) is 25.9 Å². The van der Waals surface area contributed by atoms with Crippen molar-refractivity contribution in [3.63, 3.8) is 0 Å². The van der Waals surface area contributed by atoms with E-state index >= 15 is 0 Å². The maximum atomic E-state index is 8.74. The molecule has 0 aliphatic rings. The second-order valence-corrected chi connectivity index (χ2v) is 4.67. The molecular formula is C16H21N3O. The van der Waals surface area contributed by atoms with Crippen molar-refractivity contribution in [3.05, 3.63) is 29.3 Å². The van der Waals surface area contributed by atoms with E-state index in [2.05, 4.69) is 22.8 Å². The van der Waals surface area contributed by atoms with Crippen LogP contribution in [0.3, 0.4) is 0 Å². The van der Waals surface area contributed by atoms with Crippen molar-refractivity contribution < 1.29 is 4.74 Å². The number of nitrogens with zero attached hydrogens (tertiary/aromatic N) is 2. The van der Waals surface area contributed by atoms with E-state index in [9.17, 15) is 0 Å². The third kappa shape index (κ3) is 4.59. The average Bonchev–Trinajstić information content (AvgIpc) is 2.45. The van der Waals surface area contributed by atoms with Gasteiger partial charge in [-0.2, -0.15) is 5.26 Å². The molecular weight excluding hydrogens is 250 g/mol. The number of benzene rings is 1. The number of nitrogens with two attached hydrogens (primary N) is 1. The molecule has 4 nitrogen and oxygen atoms in total. The first-order valence-corrected chi connectivity index (χ1v) is 6.55. The molecule has 0 saturated heterocycles. The number of nitriles is 1. The minimum Gasteiger partial charge on any atom is -0.495 e. The van der Waals surface area contributed by atoms with Crippen LogP contribution in [0.5, 0.6) is 5.75 Å². The molecule has 1 unspecified atom stereocenters. The molecule has 0 heterocycles. The third-order valence-corrected chi connectivity index (χ3v) is 3.16. The zero-order chi connectivity index (χ0) is 15.0. The van der Waals surface area contributed by atoms with Crippen LogP contribution >= 0.6 is 0 Å². The summed E-state index contributed by atoms with van der Waals surface area (Å²) in [6.45, 7) is 3.14. The molecule has 1 rings (SSSR count). The van der Waals surface area contributed by atoms with Crippen LogP contribution in [0, 0.1) is 23.2 Å². The predicted octanol–water partition coefficient (Wildman–Crippen LogP) is 1.74. The Morgan fingerprint density at radius 1 is 1.45 bits per heavy atom. The van der Waals surface area contributed by atoms with Crippen molar-refractivity contribution in [3.8, 4) is 23.7 Å². The molecule has 1 aromatic carbocycles. The first-order valence-electron chi connectivity index (χ1n) is 6.55. The molecule has 0 aliphatic heterocycles. The van der Waals surface area contributed by atoms with Crippen molar-refractivity contribution in [2.24, 2.45) is 5.73 Å². The number of hydrogen-bond acceptors (Lipinski definition) is 4. The van der Waals surface area contributed by atoms with Crippen LogP contribution in [0.4, 0.5) is 0 Å². The number of hydrogen-bond donors (Lipinski definition) is 1. The second-order valence-electron chi connectivity index (χ2n) is 4.67. The second kappa shape index (κ2) is 8.22. The highest BCUT2D eigenvalue weighted by Crippen LogP contribution is 2.20.